The lowest BCUT2D eigenvalue weighted by Crippen LogP contribution is -2.42. The van der Waals surface area contributed by atoms with Crippen molar-refractivity contribution in [1.29, 1.82) is 0 Å². The van der Waals surface area contributed by atoms with Gasteiger partial charge in [-0.2, -0.15) is 5.10 Å². The molecule has 2 aromatic rings. The number of hydrogen-bond acceptors (Lipinski definition) is 6. The summed E-state index contributed by atoms with van der Waals surface area (Å²) in [5.74, 6) is -0.0498. The average Bonchev–Trinajstić information content (AvgIpc) is 3.50. The van der Waals surface area contributed by atoms with E-state index in [9.17, 15) is 14.4 Å². The Morgan fingerprint density at radius 1 is 1.25 bits per heavy atom. The first-order valence-electron chi connectivity index (χ1n) is 9.22. The fraction of sp³-hybridized carbons (Fsp3) is 0.368. The number of thiophene rings is 1. The van der Waals surface area contributed by atoms with Crippen LogP contribution in [0.2, 0.25) is 0 Å². The van der Waals surface area contributed by atoms with Crippen LogP contribution >= 0.6 is 11.3 Å². The van der Waals surface area contributed by atoms with Crippen LogP contribution in [0.25, 0.3) is 0 Å². The van der Waals surface area contributed by atoms with Crippen molar-refractivity contribution in [3.8, 4) is 0 Å². The highest BCUT2D eigenvalue weighted by Gasteiger charge is 2.48. The molecule has 3 aliphatic rings. The van der Waals surface area contributed by atoms with Crippen LogP contribution in [0.1, 0.15) is 35.9 Å². The van der Waals surface area contributed by atoms with Crippen molar-refractivity contribution in [2.24, 2.45) is 5.10 Å². The molecule has 2 fully saturated rings. The molecule has 0 saturated carbocycles. The Hall–Kier alpha value is -2.94. The van der Waals surface area contributed by atoms with E-state index in [1.165, 1.54) is 5.01 Å². The van der Waals surface area contributed by atoms with Crippen molar-refractivity contribution in [2.75, 3.05) is 13.1 Å². The largest absolute Gasteiger partial charge is 0.467 e. The maximum absolute atomic E-state index is 13.0. The summed E-state index contributed by atoms with van der Waals surface area (Å²) in [5.41, 5.74) is 0.796. The average molecular weight is 398 g/mol. The molecule has 144 valence electrons. The van der Waals surface area contributed by atoms with Crippen LogP contribution in [-0.4, -0.2) is 57.5 Å². The summed E-state index contributed by atoms with van der Waals surface area (Å²) in [4.78, 5) is 41.7. The smallest absolute Gasteiger partial charge is 0.327 e. The predicted molar refractivity (Wildman–Crippen MR) is 101 cm³/mol. The highest BCUT2D eigenvalue weighted by molar-refractivity contribution is 7.12. The molecule has 0 spiro atoms. The first-order valence-corrected chi connectivity index (χ1v) is 10.1. The zero-order chi connectivity index (χ0) is 19.3. The van der Waals surface area contributed by atoms with Crippen molar-refractivity contribution in [2.45, 2.75) is 31.3 Å². The molecular weight excluding hydrogens is 380 g/mol. The van der Waals surface area contributed by atoms with E-state index in [1.807, 2.05) is 17.5 Å². The number of fused-ring (bicyclic) bond motifs is 1. The first kappa shape index (κ1) is 17.2. The third-order valence-electron chi connectivity index (χ3n) is 5.42. The minimum atomic E-state index is -0.412. The van der Waals surface area contributed by atoms with Gasteiger partial charge in [0, 0.05) is 13.0 Å². The maximum atomic E-state index is 13.0. The van der Waals surface area contributed by atoms with Crippen molar-refractivity contribution in [3.05, 3.63) is 46.5 Å². The molecule has 0 bridgehead atoms. The molecule has 0 radical (unpaired) electrons. The second-order valence-corrected chi connectivity index (χ2v) is 8.00. The number of amides is 4. The van der Waals surface area contributed by atoms with E-state index in [1.54, 1.807) is 34.6 Å². The minimum Gasteiger partial charge on any atom is -0.467 e. The lowest BCUT2D eigenvalue weighted by atomic mass is 10.1. The van der Waals surface area contributed by atoms with Gasteiger partial charge in [0.15, 0.2) is 0 Å². The molecule has 0 aliphatic carbocycles. The van der Waals surface area contributed by atoms with E-state index in [0.29, 0.717) is 25.1 Å². The zero-order valence-electron chi connectivity index (χ0n) is 15.0. The molecule has 4 amide bonds. The van der Waals surface area contributed by atoms with Gasteiger partial charge in [-0.25, -0.2) is 9.80 Å². The number of furan rings is 1. The second-order valence-electron chi connectivity index (χ2n) is 7.06. The van der Waals surface area contributed by atoms with Crippen LogP contribution < -0.4 is 0 Å². The number of carbonyl (C=O) groups excluding carboxylic acids is 3. The topological polar surface area (TPSA) is 86.4 Å². The molecule has 3 aliphatic heterocycles. The van der Waals surface area contributed by atoms with Crippen molar-refractivity contribution in [3.63, 3.8) is 0 Å². The number of nitrogens with zero attached hydrogens (tertiary/aromatic N) is 4. The molecule has 8 nitrogen and oxygen atoms in total. The standard InChI is InChI=1S/C19H18N4O4S/c24-17(11-22-18(25)13-4-1-7-21(13)19(22)26)23-14(15-5-2-8-27-15)10-12(20-23)16-6-3-9-28-16/h2-3,5-6,8-9,13-14H,1,4,7,10-11H2/t13-,14+/m1/s1. The van der Waals surface area contributed by atoms with Gasteiger partial charge >= 0.3 is 6.03 Å². The molecule has 5 heterocycles. The monoisotopic (exact) mass is 398 g/mol. The summed E-state index contributed by atoms with van der Waals surface area (Å²) >= 11 is 1.55. The van der Waals surface area contributed by atoms with E-state index in [2.05, 4.69) is 5.10 Å². The normalized spacial score (nSPS) is 24.3. The molecule has 0 unspecified atom stereocenters. The van der Waals surface area contributed by atoms with Gasteiger partial charge in [0.25, 0.3) is 11.8 Å². The highest BCUT2D eigenvalue weighted by Crippen LogP contribution is 2.35. The molecule has 2 aromatic heterocycles. The summed E-state index contributed by atoms with van der Waals surface area (Å²) in [7, 11) is 0. The van der Waals surface area contributed by atoms with E-state index < -0.39 is 11.9 Å². The number of hydrazone groups is 1. The van der Waals surface area contributed by atoms with E-state index in [4.69, 9.17) is 4.42 Å². The van der Waals surface area contributed by atoms with Gasteiger partial charge in [0.1, 0.15) is 24.4 Å². The van der Waals surface area contributed by atoms with Crippen LogP contribution in [0, 0.1) is 0 Å². The van der Waals surface area contributed by atoms with Gasteiger partial charge in [0.05, 0.1) is 16.9 Å². The molecule has 9 heteroatoms. The van der Waals surface area contributed by atoms with Crippen LogP contribution in [0.15, 0.2) is 45.4 Å². The number of urea groups is 1. The lowest BCUT2D eigenvalue weighted by Gasteiger charge is -2.22. The Morgan fingerprint density at radius 3 is 2.86 bits per heavy atom. The summed E-state index contributed by atoms with van der Waals surface area (Å²) in [6.07, 6.45) is 3.57. The maximum Gasteiger partial charge on any atom is 0.327 e. The van der Waals surface area contributed by atoms with E-state index >= 15 is 0 Å². The Balaban J connectivity index is 1.40. The van der Waals surface area contributed by atoms with Crippen LogP contribution in [0.5, 0.6) is 0 Å². The Labute approximate surface area is 165 Å². The quantitative estimate of drug-likeness (QED) is 0.741. The Kier molecular flexibility index (Phi) is 4.04. The molecule has 2 atom stereocenters. The molecule has 2 saturated heterocycles. The Bertz CT molecular complexity index is 931. The third-order valence-corrected chi connectivity index (χ3v) is 6.34. The van der Waals surface area contributed by atoms with E-state index in [0.717, 1.165) is 21.9 Å². The lowest BCUT2D eigenvalue weighted by molar-refractivity contribution is -0.138. The predicted octanol–water partition coefficient (Wildman–Crippen LogP) is 2.45. The second kappa shape index (κ2) is 6.59. The van der Waals surface area contributed by atoms with Crippen molar-refractivity contribution >= 4 is 34.9 Å². The van der Waals surface area contributed by atoms with Gasteiger partial charge in [-0.05, 0) is 36.4 Å². The van der Waals surface area contributed by atoms with Gasteiger partial charge in [-0.1, -0.05) is 6.07 Å². The van der Waals surface area contributed by atoms with Gasteiger partial charge in [0.2, 0.25) is 0 Å². The fourth-order valence-electron chi connectivity index (χ4n) is 4.07. The first-order chi connectivity index (χ1) is 13.6. The molecule has 28 heavy (non-hydrogen) atoms. The molecule has 0 N–H and O–H groups in total. The SMILES string of the molecule is O=C1[C@H]2CCCN2C(=O)N1CC(=O)N1N=C(c2cccs2)C[C@H]1c1ccco1. The number of rotatable bonds is 4. The van der Waals surface area contributed by atoms with Crippen molar-refractivity contribution < 1.29 is 18.8 Å². The third kappa shape index (κ3) is 2.65. The molecular formula is C19H18N4O4S. The highest BCUT2D eigenvalue weighted by atomic mass is 32.1. The van der Waals surface area contributed by atoms with Gasteiger partial charge in [-0.15, -0.1) is 11.3 Å². The summed E-state index contributed by atoms with van der Waals surface area (Å²) < 4.78 is 5.52. The summed E-state index contributed by atoms with van der Waals surface area (Å²) in [5, 5.41) is 7.84. The van der Waals surface area contributed by atoms with Crippen molar-refractivity contribution in [1.82, 2.24) is 14.8 Å². The van der Waals surface area contributed by atoms with E-state index in [-0.39, 0.29) is 24.5 Å². The number of hydrogen-bond donors (Lipinski definition) is 0. The fourth-order valence-corrected chi connectivity index (χ4v) is 4.79. The van der Waals surface area contributed by atoms with Gasteiger partial charge in [-0.3, -0.25) is 14.5 Å². The minimum absolute atomic E-state index is 0.285. The van der Waals surface area contributed by atoms with Gasteiger partial charge < -0.3 is 9.32 Å². The molecule has 0 aromatic carbocycles. The zero-order valence-corrected chi connectivity index (χ0v) is 15.8. The number of imide groups is 1. The number of carbonyl (C=O) groups is 3. The summed E-state index contributed by atoms with van der Waals surface area (Å²) in [6.45, 7) is 0.266. The summed E-state index contributed by atoms with van der Waals surface area (Å²) in [6, 6.07) is 6.29. The van der Waals surface area contributed by atoms with Crippen LogP contribution in [-0.2, 0) is 9.59 Å². The van der Waals surface area contributed by atoms with Crippen LogP contribution in [0.4, 0.5) is 4.79 Å². The Morgan fingerprint density at radius 2 is 2.14 bits per heavy atom. The van der Waals surface area contributed by atoms with Crippen LogP contribution in [0.3, 0.4) is 0 Å². The molecule has 5 rings (SSSR count).